The average Bonchev–Trinajstić information content (AvgIpc) is 3.19. The normalized spacial score (nSPS) is 13.0. The SMILES string of the molecule is [2H]C([2H])([2H])c1ccc(-c2c(C)ccc3c2oc2c([N+]#[C-])c(-c4ccccc4)ccc23)[n+](C)c1C. The van der Waals surface area contributed by atoms with Gasteiger partial charge in [0.2, 0.25) is 11.4 Å². The summed E-state index contributed by atoms with van der Waals surface area (Å²) in [5.41, 5.74) is 7.33. The van der Waals surface area contributed by atoms with Crippen LogP contribution in [-0.4, -0.2) is 0 Å². The Bertz CT molecular complexity index is 1620. The summed E-state index contributed by atoms with van der Waals surface area (Å²) >= 11 is 0. The van der Waals surface area contributed by atoms with Gasteiger partial charge in [-0.15, -0.1) is 0 Å². The molecule has 3 nitrogen and oxygen atoms in total. The second kappa shape index (κ2) is 7.11. The van der Waals surface area contributed by atoms with Crippen LogP contribution in [0.15, 0.2) is 71.1 Å². The van der Waals surface area contributed by atoms with E-state index >= 15 is 0 Å². The van der Waals surface area contributed by atoms with Crippen molar-refractivity contribution in [3.05, 3.63) is 95.0 Å². The fraction of sp³-hybridized carbons (Fsp3) is 0.143. The lowest BCUT2D eigenvalue weighted by molar-refractivity contribution is -0.667. The van der Waals surface area contributed by atoms with E-state index < -0.39 is 6.85 Å². The zero-order valence-electron chi connectivity index (χ0n) is 20.7. The standard InChI is InChI=1S/C28H23N2O/c1-17-12-16-24(30(5)19(17)3)25-18(2)11-13-22-23-15-14-21(20-9-7-6-8-10-20)26(29-4)28(23)31-27(22)25/h6-16H,1-3,5H3/q+1/i1D3. The molecule has 0 N–H and O–H groups in total. The lowest BCUT2D eigenvalue weighted by atomic mass is 9.98. The first kappa shape index (κ1) is 15.9. The molecular formula is C28H23N2O+. The van der Waals surface area contributed by atoms with Crippen LogP contribution in [0.3, 0.4) is 0 Å². The van der Waals surface area contributed by atoms with Gasteiger partial charge in [0.15, 0.2) is 5.69 Å². The minimum Gasteiger partial charge on any atom is -0.466 e. The third-order valence-corrected chi connectivity index (χ3v) is 6.11. The van der Waals surface area contributed by atoms with Crippen molar-refractivity contribution in [2.75, 3.05) is 0 Å². The van der Waals surface area contributed by atoms with Crippen LogP contribution < -0.4 is 4.57 Å². The molecule has 0 saturated heterocycles. The fourth-order valence-electron chi connectivity index (χ4n) is 4.27. The summed E-state index contributed by atoms with van der Waals surface area (Å²) in [4.78, 5) is 3.85. The summed E-state index contributed by atoms with van der Waals surface area (Å²) in [6.45, 7) is 9.56. The molecule has 0 bridgehead atoms. The zero-order valence-corrected chi connectivity index (χ0v) is 17.7. The molecule has 0 aliphatic carbocycles. The van der Waals surface area contributed by atoms with Gasteiger partial charge in [-0.2, -0.15) is 4.57 Å². The summed E-state index contributed by atoms with van der Waals surface area (Å²) < 4.78 is 31.9. The first-order chi connectivity index (χ1) is 16.2. The van der Waals surface area contributed by atoms with E-state index in [9.17, 15) is 0 Å². The Balaban J connectivity index is 1.83. The number of aromatic nitrogens is 1. The van der Waals surface area contributed by atoms with E-state index in [1.54, 1.807) is 6.07 Å². The Labute approximate surface area is 186 Å². The maximum absolute atomic E-state index is 7.90. The maximum Gasteiger partial charge on any atom is 0.237 e. The number of nitrogens with zero attached hydrogens (tertiary/aromatic N) is 2. The monoisotopic (exact) mass is 406 g/mol. The minimum absolute atomic E-state index is 0.330. The van der Waals surface area contributed by atoms with Gasteiger partial charge in [-0.3, -0.25) is 0 Å². The third-order valence-electron chi connectivity index (χ3n) is 6.11. The molecule has 31 heavy (non-hydrogen) atoms. The highest BCUT2D eigenvalue weighted by molar-refractivity contribution is 6.14. The number of pyridine rings is 1. The first-order valence-corrected chi connectivity index (χ1v) is 10.1. The smallest absolute Gasteiger partial charge is 0.237 e. The Morgan fingerprint density at radius 1 is 0.871 bits per heavy atom. The molecule has 0 spiro atoms. The molecule has 3 aromatic carbocycles. The quantitative estimate of drug-likeness (QED) is 0.224. The molecular weight excluding hydrogens is 380 g/mol. The molecule has 2 heterocycles. The maximum atomic E-state index is 7.90. The largest absolute Gasteiger partial charge is 0.466 e. The Kier molecular flexibility index (Phi) is 3.64. The Morgan fingerprint density at radius 3 is 2.32 bits per heavy atom. The average molecular weight is 407 g/mol. The first-order valence-electron chi connectivity index (χ1n) is 11.6. The molecule has 150 valence electrons. The predicted octanol–water partition coefficient (Wildman–Crippen LogP) is 7.22. The lowest BCUT2D eigenvalue weighted by Crippen LogP contribution is -2.35. The molecule has 0 aliphatic heterocycles. The molecule has 5 rings (SSSR count). The van der Waals surface area contributed by atoms with E-state index in [0.29, 0.717) is 28.1 Å². The van der Waals surface area contributed by atoms with Gasteiger partial charge >= 0.3 is 0 Å². The van der Waals surface area contributed by atoms with Gasteiger partial charge in [0.05, 0.1) is 12.1 Å². The summed E-state index contributed by atoms with van der Waals surface area (Å²) in [5, 5.41) is 1.82. The van der Waals surface area contributed by atoms with Crippen LogP contribution in [0.1, 0.15) is 20.9 Å². The molecule has 0 unspecified atom stereocenters. The van der Waals surface area contributed by atoms with E-state index in [1.165, 1.54) is 0 Å². The van der Waals surface area contributed by atoms with Gasteiger partial charge in [-0.25, -0.2) is 4.85 Å². The van der Waals surface area contributed by atoms with E-state index in [0.717, 1.165) is 38.7 Å². The van der Waals surface area contributed by atoms with Gasteiger partial charge in [0.1, 0.15) is 18.2 Å². The number of fused-ring (bicyclic) bond motifs is 3. The number of benzene rings is 3. The van der Waals surface area contributed by atoms with Crippen molar-refractivity contribution in [2.24, 2.45) is 7.05 Å². The highest BCUT2D eigenvalue weighted by atomic mass is 16.3. The van der Waals surface area contributed by atoms with Gasteiger partial charge < -0.3 is 4.42 Å². The van der Waals surface area contributed by atoms with E-state index in [2.05, 4.69) is 4.85 Å². The molecule has 0 aliphatic rings. The van der Waals surface area contributed by atoms with E-state index in [-0.39, 0.29) is 0 Å². The molecule has 0 amide bonds. The van der Waals surface area contributed by atoms with E-state index in [1.807, 2.05) is 86.1 Å². The topological polar surface area (TPSA) is 21.4 Å². The van der Waals surface area contributed by atoms with Gasteiger partial charge in [-0.1, -0.05) is 54.6 Å². The van der Waals surface area contributed by atoms with Crippen molar-refractivity contribution >= 4 is 27.6 Å². The van der Waals surface area contributed by atoms with Crippen LogP contribution >= 0.6 is 0 Å². The van der Waals surface area contributed by atoms with Crippen LogP contribution in [0.4, 0.5) is 5.69 Å². The second-order valence-corrected chi connectivity index (χ2v) is 7.83. The molecule has 0 fully saturated rings. The highest BCUT2D eigenvalue weighted by Gasteiger charge is 2.23. The summed E-state index contributed by atoms with van der Waals surface area (Å²) in [6, 6.07) is 21.4. The summed E-state index contributed by atoms with van der Waals surface area (Å²) in [5.74, 6) is 0. The summed E-state index contributed by atoms with van der Waals surface area (Å²) in [7, 11) is 1.87. The molecule has 2 aromatic heterocycles. The molecule has 3 heteroatoms. The number of aryl methyl sites for hydroxylation is 2. The number of hydrogen-bond acceptors (Lipinski definition) is 1. The van der Waals surface area contributed by atoms with Crippen LogP contribution in [0.25, 0.3) is 49.2 Å². The van der Waals surface area contributed by atoms with Crippen LogP contribution in [-0.2, 0) is 7.05 Å². The van der Waals surface area contributed by atoms with Crippen molar-refractivity contribution in [1.29, 1.82) is 0 Å². The van der Waals surface area contributed by atoms with Gasteiger partial charge in [0.25, 0.3) is 0 Å². The van der Waals surface area contributed by atoms with Crippen LogP contribution in [0.5, 0.6) is 0 Å². The van der Waals surface area contributed by atoms with Crippen molar-refractivity contribution in [2.45, 2.75) is 20.7 Å². The number of rotatable bonds is 2. The molecule has 5 aromatic rings. The Hall–Kier alpha value is -3.90. The molecule has 0 atom stereocenters. The number of furan rings is 1. The predicted molar refractivity (Wildman–Crippen MR) is 126 cm³/mol. The number of hydrogen-bond donors (Lipinski definition) is 0. The van der Waals surface area contributed by atoms with Crippen molar-refractivity contribution in [1.82, 2.24) is 0 Å². The van der Waals surface area contributed by atoms with E-state index in [4.69, 9.17) is 15.1 Å². The highest BCUT2D eigenvalue weighted by Crippen LogP contribution is 2.44. The third kappa shape index (κ3) is 2.84. The Morgan fingerprint density at radius 2 is 1.58 bits per heavy atom. The lowest BCUT2D eigenvalue weighted by Gasteiger charge is -2.08. The van der Waals surface area contributed by atoms with Crippen LogP contribution in [0, 0.1) is 27.3 Å². The van der Waals surface area contributed by atoms with Crippen molar-refractivity contribution in [3.8, 4) is 22.4 Å². The van der Waals surface area contributed by atoms with Gasteiger partial charge in [0, 0.05) is 33.4 Å². The zero-order chi connectivity index (χ0) is 24.2. The van der Waals surface area contributed by atoms with Gasteiger partial charge in [-0.05, 0) is 36.5 Å². The minimum atomic E-state index is -2.18. The van der Waals surface area contributed by atoms with Crippen molar-refractivity contribution < 1.29 is 13.1 Å². The van der Waals surface area contributed by atoms with Crippen LogP contribution in [0.2, 0.25) is 0 Å². The molecule has 0 saturated carbocycles. The fourth-order valence-corrected chi connectivity index (χ4v) is 4.27. The second-order valence-electron chi connectivity index (χ2n) is 7.83. The molecule has 0 radical (unpaired) electrons. The summed E-state index contributed by atoms with van der Waals surface area (Å²) in [6.07, 6.45) is 0. The van der Waals surface area contributed by atoms with Crippen molar-refractivity contribution in [3.63, 3.8) is 0 Å².